The predicted octanol–water partition coefficient (Wildman–Crippen LogP) is 1.48. The Bertz CT molecular complexity index is 406. The number of urea groups is 1. The first-order valence-corrected chi connectivity index (χ1v) is 7.07. The number of nitrogens with one attached hydrogen (secondary N) is 2. The fourth-order valence-corrected chi connectivity index (χ4v) is 2.16. The Balaban J connectivity index is 2.30. The minimum atomic E-state index is -1.01. The van der Waals surface area contributed by atoms with Gasteiger partial charge in [0.15, 0.2) is 0 Å². The number of carbonyl (C=O) groups is 2. The Hall–Kier alpha value is -1.63. The number of carboxylic acids is 1. The molecule has 6 nitrogen and oxygen atoms in total. The first-order valence-electron chi connectivity index (χ1n) is 6.13. The molecule has 0 saturated carbocycles. The van der Waals surface area contributed by atoms with Gasteiger partial charge in [0.1, 0.15) is 6.04 Å². The molecule has 0 aliphatic heterocycles. The van der Waals surface area contributed by atoms with E-state index in [9.17, 15) is 9.59 Å². The lowest BCUT2D eigenvalue weighted by molar-refractivity contribution is -0.139. The van der Waals surface area contributed by atoms with Gasteiger partial charge in [-0.3, -0.25) is 0 Å². The van der Waals surface area contributed by atoms with E-state index >= 15 is 0 Å². The number of nitrogens with zero attached hydrogens (tertiary/aromatic N) is 1. The summed E-state index contributed by atoms with van der Waals surface area (Å²) in [7, 11) is 0. The van der Waals surface area contributed by atoms with Crippen LogP contribution in [0.1, 0.15) is 26.0 Å². The Morgan fingerprint density at radius 1 is 1.47 bits per heavy atom. The zero-order valence-corrected chi connectivity index (χ0v) is 11.9. The van der Waals surface area contributed by atoms with Crippen molar-refractivity contribution in [1.82, 2.24) is 15.6 Å². The lowest BCUT2D eigenvalue weighted by atomic mass is 10.0. The summed E-state index contributed by atoms with van der Waals surface area (Å²) in [5.41, 5.74) is 2.65. The van der Waals surface area contributed by atoms with Crippen LogP contribution in [0.4, 0.5) is 4.79 Å². The average molecular weight is 285 g/mol. The molecule has 0 saturated heterocycles. The van der Waals surface area contributed by atoms with Gasteiger partial charge in [-0.15, -0.1) is 11.3 Å². The van der Waals surface area contributed by atoms with Crippen LogP contribution in [0.3, 0.4) is 0 Å². The molecule has 19 heavy (non-hydrogen) atoms. The summed E-state index contributed by atoms with van der Waals surface area (Å²) in [4.78, 5) is 26.6. The van der Waals surface area contributed by atoms with Gasteiger partial charge in [0.05, 0.1) is 11.2 Å². The summed E-state index contributed by atoms with van der Waals surface area (Å²) < 4.78 is 0. The summed E-state index contributed by atoms with van der Waals surface area (Å²) in [6, 6.07) is -1.30. The normalized spacial score (nSPS) is 12.2. The van der Waals surface area contributed by atoms with Gasteiger partial charge >= 0.3 is 12.0 Å². The van der Waals surface area contributed by atoms with Crippen LogP contribution in [0, 0.1) is 5.92 Å². The fraction of sp³-hybridized carbons (Fsp3) is 0.583. The van der Waals surface area contributed by atoms with Crippen molar-refractivity contribution in [3.8, 4) is 0 Å². The zero-order chi connectivity index (χ0) is 14.3. The van der Waals surface area contributed by atoms with Crippen LogP contribution in [0.5, 0.6) is 0 Å². The van der Waals surface area contributed by atoms with E-state index in [-0.39, 0.29) is 5.92 Å². The summed E-state index contributed by atoms with van der Waals surface area (Å²) in [6.07, 6.45) is 1.05. The number of thiazole rings is 1. The molecule has 2 amide bonds. The largest absolute Gasteiger partial charge is 0.480 e. The van der Waals surface area contributed by atoms with Gasteiger partial charge < -0.3 is 15.7 Å². The molecule has 0 fully saturated rings. The van der Waals surface area contributed by atoms with Crippen LogP contribution in [-0.4, -0.2) is 34.7 Å². The summed E-state index contributed by atoms with van der Waals surface area (Å²) in [5.74, 6) is -0.806. The lowest BCUT2D eigenvalue weighted by Gasteiger charge is -2.16. The number of rotatable bonds is 7. The number of aromatic nitrogens is 1. The van der Waals surface area contributed by atoms with Crippen molar-refractivity contribution in [3.63, 3.8) is 0 Å². The molecular formula is C12H19N3O3S. The van der Waals surface area contributed by atoms with Crippen LogP contribution >= 0.6 is 11.3 Å². The summed E-state index contributed by atoms with van der Waals surface area (Å²) in [6.45, 7) is 4.26. The van der Waals surface area contributed by atoms with E-state index in [0.29, 0.717) is 19.4 Å². The van der Waals surface area contributed by atoms with Crippen molar-refractivity contribution < 1.29 is 14.7 Å². The lowest BCUT2D eigenvalue weighted by Crippen LogP contribution is -2.47. The van der Waals surface area contributed by atoms with E-state index in [1.165, 1.54) is 11.3 Å². The predicted molar refractivity (Wildman–Crippen MR) is 73.2 cm³/mol. The van der Waals surface area contributed by atoms with Crippen LogP contribution < -0.4 is 10.6 Å². The Morgan fingerprint density at radius 3 is 2.74 bits per heavy atom. The summed E-state index contributed by atoms with van der Waals surface area (Å²) >= 11 is 1.50. The highest BCUT2D eigenvalue weighted by molar-refractivity contribution is 7.07. The SMILES string of the molecule is CC(C)CC(NC(=O)NCCc1cscn1)C(=O)O. The van der Waals surface area contributed by atoms with Gasteiger partial charge in [0.2, 0.25) is 0 Å². The van der Waals surface area contributed by atoms with Crippen LogP contribution in [-0.2, 0) is 11.2 Å². The second-order valence-electron chi connectivity index (χ2n) is 4.65. The van der Waals surface area contributed by atoms with Crippen LogP contribution in [0.15, 0.2) is 10.9 Å². The highest BCUT2D eigenvalue weighted by atomic mass is 32.1. The smallest absolute Gasteiger partial charge is 0.326 e. The molecule has 3 N–H and O–H groups in total. The monoisotopic (exact) mass is 285 g/mol. The van der Waals surface area contributed by atoms with Crippen LogP contribution in [0.2, 0.25) is 0 Å². The van der Waals surface area contributed by atoms with Crippen molar-refractivity contribution in [3.05, 3.63) is 16.6 Å². The van der Waals surface area contributed by atoms with Crippen molar-refractivity contribution in [1.29, 1.82) is 0 Å². The molecule has 1 aromatic heterocycles. The van der Waals surface area contributed by atoms with Gasteiger partial charge in [-0.1, -0.05) is 13.8 Å². The Kier molecular flexibility index (Phi) is 6.27. The summed E-state index contributed by atoms with van der Waals surface area (Å²) in [5, 5.41) is 16.0. The third-order valence-electron chi connectivity index (χ3n) is 2.46. The van der Waals surface area contributed by atoms with E-state index in [1.807, 2.05) is 19.2 Å². The van der Waals surface area contributed by atoms with Crippen molar-refractivity contribution in [2.45, 2.75) is 32.7 Å². The third kappa shape index (κ3) is 6.19. The minimum absolute atomic E-state index is 0.205. The fourth-order valence-electron chi connectivity index (χ4n) is 1.57. The van der Waals surface area contributed by atoms with Crippen molar-refractivity contribution >= 4 is 23.3 Å². The van der Waals surface area contributed by atoms with Gasteiger partial charge in [-0.2, -0.15) is 0 Å². The van der Waals surface area contributed by atoms with E-state index < -0.39 is 18.0 Å². The molecule has 0 aliphatic rings. The zero-order valence-electron chi connectivity index (χ0n) is 11.0. The molecule has 1 aromatic rings. The van der Waals surface area contributed by atoms with Crippen LogP contribution in [0.25, 0.3) is 0 Å². The topological polar surface area (TPSA) is 91.3 Å². The third-order valence-corrected chi connectivity index (χ3v) is 3.10. The quantitative estimate of drug-likeness (QED) is 0.707. The standard InChI is InChI=1S/C12H19N3O3S/c1-8(2)5-10(11(16)17)15-12(18)13-4-3-9-6-19-7-14-9/h6-8,10H,3-5H2,1-2H3,(H,16,17)(H2,13,15,18). The van der Waals surface area contributed by atoms with Crippen molar-refractivity contribution in [2.75, 3.05) is 6.54 Å². The average Bonchev–Trinajstić information content (AvgIpc) is 2.80. The second kappa shape index (κ2) is 7.73. The molecule has 1 unspecified atom stereocenters. The molecule has 0 aromatic carbocycles. The Labute approximate surface area is 116 Å². The van der Waals surface area contributed by atoms with E-state index in [1.54, 1.807) is 5.51 Å². The first kappa shape index (κ1) is 15.4. The van der Waals surface area contributed by atoms with E-state index in [0.717, 1.165) is 5.69 Å². The highest BCUT2D eigenvalue weighted by Crippen LogP contribution is 2.05. The Morgan fingerprint density at radius 2 is 2.21 bits per heavy atom. The van der Waals surface area contributed by atoms with Crippen molar-refractivity contribution in [2.24, 2.45) is 5.92 Å². The minimum Gasteiger partial charge on any atom is -0.480 e. The van der Waals surface area contributed by atoms with Gasteiger partial charge in [0, 0.05) is 18.3 Å². The number of carboxylic acid groups (broad SMARTS) is 1. The molecule has 1 rings (SSSR count). The molecule has 0 radical (unpaired) electrons. The highest BCUT2D eigenvalue weighted by Gasteiger charge is 2.20. The molecule has 106 valence electrons. The molecule has 0 bridgehead atoms. The van der Waals surface area contributed by atoms with Gasteiger partial charge in [-0.25, -0.2) is 14.6 Å². The van der Waals surface area contributed by atoms with E-state index in [4.69, 9.17) is 5.11 Å². The molecule has 1 atom stereocenters. The number of hydrogen-bond acceptors (Lipinski definition) is 4. The van der Waals surface area contributed by atoms with Gasteiger partial charge in [0.25, 0.3) is 0 Å². The molecule has 0 spiro atoms. The maximum absolute atomic E-state index is 11.6. The number of aliphatic carboxylic acids is 1. The van der Waals surface area contributed by atoms with Gasteiger partial charge in [-0.05, 0) is 12.3 Å². The number of amides is 2. The first-order chi connectivity index (χ1) is 8.99. The number of carbonyl (C=O) groups excluding carboxylic acids is 1. The van der Waals surface area contributed by atoms with E-state index in [2.05, 4.69) is 15.6 Å². The number of hydrogen-bond donors (Lipinski definition) is 3. The maximum Gasteiger partial charge on any atom is 0.326 e. The molecule has 0 aliphatic carbocycles. The molecular weight excluding hydrogens is 266 g/mol. The maximum atomic E-state index is 11.6. The second-order valence-corrected chi connectivity index (χ2v) is 5.37. The molecule has 1 heterocycles. The molecule has 7 heteroatoms.